The second-order valence-electron chi connectivity index (χ2n) is 7.18. The molecular weight excluding hydrogens is 384 g/mol. The zero-order valence-electron chi connectivity index (χ0n) is 14.8. The number of hydrogen-bond acceptors (Lipinski definition) is 1. The highest BCUT2D eigenvalue weighted by molar-refractivity contribution is 9.10. The largest absolute Gasteiger partial charge is 0.289 e. The average molecular weight is 403 g/mol. The molecule has 0 N–H and O–H groups in total. The molecule has 1 aliphatic rings. The number of ketones is 1. The first kappa shape index (κ1) is 17.0. The normalized spacial score (nSPS) is 14.3. The summed E-state index contributed by atoms with van der Waals surface area (Å²) in [6.07, 6.45) is 3.52. The first-order valence-electron chi connectivity index (χ1n) is 8.69. The van der Waals surface area contributed by atoms with Crippen molar-refractivity contribution in [3.05, 3.63) is 99.5 Å². The Morgan fingerprint density at radius 2 is 1.58 bits per heavy atom. The second kappa shape index (κ2) is 6.37. The molecule has 0 saturated carbocycles. The van der Waals surface area contributed by atoms with E-state index in [1.165, 1.54) is 22.3 Å². The lowest BCUT2D eigenvalue weighted by Crippen LogP contribution is -2.15. The number of benzene rings is 3. The lowest BCUT2D eigenvalue weighted by atomic mass is 9.82. The maximum atomic E-state index is 12.7. The van der Waals surface area contributed by atoms with E-state index in [1.54, 1.807) is 6.08 Å². The van der Waals surface area contributed by atoms with Crippen molar-refractivity contribution < 1.29 is 4.79 Å². The summed E-state index contributed by atoms with van der Waals surface area (Å²) in [5, 5.41) is 0. The van der Waals surface area contributed by atoms with E-state index in [-0.39, 0.29) is 11.2 Å². The summed E-state index contributed by atoms with van der Waals surface area (Å²) in [4.78, 5) is 12.7. The molecule has 0 amide bonds. The van der Waals surface area contributed by atoms with E-state index < -0.39 is 0 Å². The van der Waals surface area contributed by atoms with Crippen LogP contribution in [0.15, 0.2) is 77.3 Å². The van der Waals surface area contributed by atoms with E-state index in [9.17, 15) is 4.79 Å². The summed E-state index contributed by atoms with van der Waals surface area (Å²) < 4.78 is 1.03. The van der Waals surface area contributed by atoms with Gasteiger partial charge in [0.1, 0.15) is 0 Å². The number of carbonyl (C=O) groups excluding carboxylic acids is 1. The molecule has 0 heterocycles. The van der Waals surface area contributed by atoms with Gasteiger partial charge in [-0.2, -0.15) is 0 Å². The summed E-state index contributed by atoms with van der Waals surface area (Å²) in [5.41, 5.74) is 6.72. The quantitative estimate of drug-likeness (QED) is 0.353. The van der Waals surface area contributed by atoms with Crippen molar-refractivity contribution in [1.82, 2.24) is 0 Å². The predicted molar refractivity (Wildman–Crippen MR) is 112 cm³/mol. The summed E-state index contributed by atoms with van der Waals surface area (Å²) in [5.74, 6) is 0.0301. The van der Waals surface area contributed by atoms with Crippen LogP contribution >= 0.6 is 15.9 Å². The third-order valence-corrected chi connectivity index (χ3v) is 5.69. The number of carbonyl (C=O) groups is 1. The van der Waals surface area contributed by atoms with Gasteiger partial charge in [-0.05, 0) is 52.1 Å². The van der Waals surface area contributed by atoms with Gasteiger partial charge >= 0.3 is 0 Å². The highest BCUT2D eigenvalue weighted by atomic mass is 79.9. The average Bonchev–Trinajstić information content (AvgIpc) is 2.89. The van der Waals surface area contributed by atoms with Crippen LogP contribution in [0.2, 0.25) is 0 Å². The van der Waals surface area contributed by atoms with Crippen molar-refractivity contribution in [2.75, 3.05) is 0 Å². The Kier molecular flexibility index (Phi) is 4.16. The molecule has 1 nitrogen and oxygen atoms in total. The van der Waals surface area contributed by atoms with Crippen LogP contribution in [0, 0.1) is 0 Å². The first-order valence-corrected chi connectivity index (χ1v) is 9.48. The second-order valence-corrected chi connectivity index (χ2v) is 8.10. The molecule has 4 rings (SSSR count). The Bertz CT molecular complexity index is 1030. The maximum Gasteiger partial charge on any atom is 0.185 e. The Morgan fingerprint density at radius 1 is 0.885 bits per heavy atom. The van der Waals surface area contributed by atoms with Crippen LogP contribution < -0.4 is 0 Å². The predicted octanol–water partition coefficient (Wildman–Crippen LogP) is 6.65. The van der Waals surface area contributed by atoms with Gasteiger partial charge in [0.05, 0.1) is 0 Å². The smallest absolute Gasteiger partial charge is 0.185 e. The SMILES string of the molecule is CC1(C)c2ccccc2-c2ccc(C(=O)/C=C/c3ccc(Br)cc3)cc21. The molecule has 0 bridgehead atoms. The van der Waals surface area contributed by atoms with Crippen molar-refractivity contribution in [2.45, 2.75) is 19.3 Å². The zero-order chi connectivity index (χ0) is 18.3. The van der Waals surface area contributed by atoms with Gasteiger partial charge in [-0.3, -0.25) is 4.79 Å². The Morgan fingerprint density at radius 3 is 2.35 bits per heavy atom. The summed E-state index contributed by atoms with van der Waals surface area (Å²) in [6, 6.07) is 22.5. The number of fused-ring (bicyclic) bond motifs is 3. The van der Waals surface area contributed by atoms with Crippen LogP contribution in [0.25, 0.3) is 17.2 Å². The molecule has 0 radical (unpaired) electrons. The molecule has 3 aromatic carbocycles. The van der Waals surface area contributed by atoms with E-state index in [4.69, 9.17) is 0 Å². The van der Waals surface area contributed by atoms with Crippen LogP contribution in [0.1, 0.15) is 40.9 Å². The topological polar surface area (TPSA) is 17.1 Å². The molecule has 2 heteroatoms. The lowest BCUT2D eigenvalue weighted by Gasteiger charge is -2.21. The van der Waals surface area contributed by atoms with Crippen LogP contribution in [-0.4, -0.2) is 5.78 Å². The summed E-state index contributed by atoms with van der Waals surface area (Å²) >= 11 is 3.42. The number of hydrogen-bond donors (Lipinski definition) is 0. The van der Waals surface area contributed by atoms with Gasteiger partial charge in [0, 0.05) is 15.5 Å². The Hall–Kier alpha value is -2.45. The minimum atomic E-state index is -0.0857. The van der Waals surface area contributed by atoms with Gasteiger partial charge in [-0.25, -0.2) is 0 Å². The van der Waals surface area contributed by atoms with Crippen LogP contribution in [0.5, 0.6) is 0 Å². The third kappa shape index (κ3) is 2.85. The van der Waals surface area contributed by atoms with E-state index in [0.717, 1.165) is 15.6 Å². The number of allylic oxidation sites excluding steroid dienone is 1. The maximum absolute atomic E-state index is 12.7. The van der Waals surface area contributed by atoms with Gasteiger partial charge in [-0.1, -0.05) is 84.4 Å². The molecule has 0 spiro atoms. The summed E-state index contributed by atoms with van der Waals surface area (Å²) in [6.45, 7) is 4.45. The van der Waals surface area contributed by atoms with E-state index in [1.807, 2.05) is 36.4 Å². The zero-order valence-corrected chi connectivity index (χ0v) is 16.4. The van der Waals surface area contributed by atoms with Crippen molar-refractivity contribution >= 4 is 27.8 Å². The fourth-order valence-electron chi connectivity index (χ4n) is 3.70. The van der Waals surface area contributed by atoms with E-state index in [0.29, 0.717) is 0 Å². The minimum Gasteiger partial charge on any atom is -0.289 e. The van der Waals surface area contributed by atoms with Crippen LogP contribution in [0.4, 0.5) is 0 Å². The van der Waals surface area contributed by atoms with E-state index in [2.05, 4.69) is 66.2 Å². The van der Waals surface area contributed by atoms with Crippen molar-refractivity contribution in [3.63, 3.8) is 0 Å². The molecule has 26 heavy (non-hydrogen) atoms. The first-order chi connectivity index (χ1) is 12.5. The lowest BCUT2D eigenvalue weighted by molar-refractivity contribution is 0.104. The molecule has 0 saturated heterocycles. The van der Waals surface area contributed by atoms with Crippen molar-refractivity contribution in [2.24, 2.45) is 0 Å². The number of halogens is 1. The highest BCUT2D eigenvalue weighted by Gasteiger charge is 2.35. The molecular formula is C24H19BrO. The molecule has 0 aliphatic heterocycles. The van der Waals surface area contributed by atoms with Crippen molar-refractivity contribution in [3.8, 4) is 11.1 Å². The fourth-order valence-corrected chi connectivity index (χ4v) is 3.96. The highest BCUT2D eigenvalue weighted by Crippen LogP contribution is 2.48. The minimum absolute atomic E-state index is 0.0301. The molecule has 0 atom stereocenters. The van der Waals surface area contributed by atoms with Gasteiger partial charge in [0.2, 0.25) is 0 Å². The third-order valence-electron chi connectivity index (χ3n) is 5.17. The van der Waals surface area contributed by atoms with Gasteiger partial charge < -0.3 is 0 Å². The fraction of sp³-hybridized carbons (Fsp3) is 0.125. The molecule has 0 unspecified atom stereocenters. The Balaban J connectivity index is 1.67. The molecule has 128 valence electrons. The van der Waals surface area contributed by atoms with Crippen LogP contribution in [0.3, 0.4) is 0 Å². The van der Waals surface area contributed by atoms with Gasteiger partial charge in [0.15, 0.2) is 5.78 Å². The standard InChI is InChI=1S/C24H19BrO/c1-24(2)21-6-4-3-5-19(21)20-13-10-17(15-22(20)24)23(26)14-9-16-7-11-18(25)12-8-16/h3-15H,1-2H3/b14-9+. The van der Waals surface area contributed by atoms with Gasteiger partial charge in [0.25, 0.3) is 0 Å². The molecule has 0 aromatic heterocycles. The molecule has 1 aliphatic carbocycles. The molecule has 3 aromatic rings. The Labute approximate surface area is 162 Å². The summed E-state index contributed by atoms with van der Waals surface area (Å²) in [7, 11) is 0. The van der Waals surface area contributed by atoms with Crippen LogP contribution in [-0.2, 0) is 5.41 Å². The van der Waals surface area contributed by atoms with E-state index >= 15 is 0 Å². The van der Waals surface area contributed by atoms with Crippen molar-refractivity contribution in [1.29, 1.82) is 0 Å². The number of rotatable bonds is 3. The molecule has 0 fully saturated rings. The monoisotopic (exact) mass is 402 g/mol. The van der Waals surface area contributed by atoms with Gasteiger partial charge in [-0.15, -0.1) is 0 Å².